The molecular weight excluding hydrogens is 351 g/mol. The quantitative estimate of drug-likeness (QED) is 0.518. The summed E-state index contributed by atoms with van der Waals surface area (Å²) in [6, 6.07) is 11.1. The summed E-state index contributed by atoms with van der Waals surface area (Å²) in [5.74, 6) is -1.02. The van der Waals surface area contributed by atoms with E-state index in [1.54, 1.807) is 36.4 Å². The molecule has 0 aliphatic carbocycles. The van der Waals surface area contributed by atoms with E-state index in [-0.39, 0.29) is 10.6 Å². The molecule has 0 unspecified atom stereocenters. The fourth-order valence-corrected chi connectivity index (χ4v) is 2.49. The minimum Gasteiger partial charge on any atom is -0.298 e. The van der Waals surface area contributed by atoms with Crippen molar-refractivity contribution in [1.29, 1.82) is 0 Å². The standard InChI is InChI=1S/C17H10Cl2N2O3/c18-14-6-5-12(8-15(14)19)21-17(24)13(16(23)20-21)7-10-1-3-11(9-22)4-2-10/h1-9H,(H,20,23). The first-order chi connectivity index (χ1) is 11.5. The van der Waals surface area contributed by atoms with Crippen LogP contribution in [0, 0.1) is 0 Å². The van der Waals surface area contributed by atoms with Gasteiger partial charge in [0, 0.05) is 5.56 Å². The molecule has 0 saturated carbocycles. The Morgan fingerprint density at radius 2 is 1.58 bits per heavy atom. The molecule has 2 aromatic rings. The summed E-state index contributed by atoms with van der Waals surface area (Å²) in [6.07, 6.45) is 2.18. The van der Waals surface area contributed by atoms with Crippen molar-refractivity contribution < 1.29 is 14.4 Å². The maximum atomic E-state index is 12.5. The van der Waals surface area contributed by atoms with E-state index in [4.69, 9.17) is 23.2 Å². The number of rotatable bonds is 3. The highest BCUT2D eigenvalue weighted by Gasteiger charge is 2.34. The first-order valence-corrected chi connectivity index (χ1v) is 7.62. The van der Waals surface area contributed by atoms with Gasteiger partial charge in [-0.15, -0.1) is 0 Å². The monoisotopic (exact) mass is 360 g/mol. The molecule has 7 heteroatoms. The van der Waals surface area contributed by atoms with E-state index >= 15 is 0 Å². The van der Waals surface area contributed by atoms with Gasteiger partial charge in [0.25, 0.3) is 11.8 Å². The number of carbonyl (C=O) groups is 3. The van der Waals surface area contributed by atoms with E-state index < -0.39 is 11.8 Å². The molecule has 0 radical (unpaired) electrons. The lowest BCUT2D eigenvalue weighted by Gasteiger charge is -2.15. The van der Waals surface area contributed by atoms with Gasteiger partial charge in [0.15, 0.2) is 0 Å². The summed E-state index contributed by atoms with van der Waals surface area (Å²) >= 11 is 11.8. The van der Waals surface area contributed by atoms with E-state index in [1.165, 1.54) is 12.1 Å². The average Bonchev–Trinajstić information content (AvgIpc) is 2.86. The average molecular weight is 361 g/mol. The summed E-state index contributed by atoms with van der Waals surface area (Å²) in [5.41, 5.74) is 4.01. The molecule has 0 bridgehead atoms. The van der Waals surface area contributed by atoms with E-state index in [0.29, 0.717) is 21.8 Å². The van der Waals surface area contributed by atoms with E-state index in [2.05, 4.69) is 5.43 Å². The zero-order valence-corrected chi connectivity index (χ0v) is 13.6. The third-order valence-corrected chi connectivity index (χ3v) is 4.18. The molecule has 3 rings (SSSR count). The second-order valence-electron chi connectivity index (χ2n) is 5.02. The lowest BCUT2D eigenvalue weighted by atomic mass is 10.1. The number of nitrogens with zero attached hydrogens (tertiary/aromatic N) is 1. The van der Waals surface area contributed by atoms with Crippen LogP contribution in [0.25, 0.3) is 6.08 Å². The van der Waals surface area contributed by atoms with Gasteiger partial charge >= 0.3 is 0 Å². The highest BCUT2D eigenvalue weighted by molar-refractivity contribution is 6.42. The Bertz CT molecular complexity index is 876. The topological polar surface area (TPSA) is 66.5 Å². The lowest BCUT2D eigenvalue weighted by molar-refractivity contribution is -0.117. The van der Waals surface area contributed by atoms with Crippen LogP contribution < -0.4 is 10.4 Å². The van der Waals surface area contributed by atoms with E-state index in [1.807, 2.05) is 0 Å². The van der Waals surface area contributed by atoms with Crippen molar-refractivity contribution >= 4 is 53.1 Å². The van der Waals surface area contributed by atoms with Gasteiger partial charge in [0.2, 0.25) is 0 Å². The van der Waals surface area contributed by atoms with Crippen LogP contribution in [0.4, 0.5) is 5.69 Å². The van der Waals surface area contributed by atoms with Crippen LogP contribution in [-0.2, 0) is 9.59 Å². The van der Waals surface area contributed by atoms with Crippen LogP contribution in [0.15, 0.2) is 48.0 Å². The van der Waals surface area contributed by atoms with Gasteiger partial charge in [-0.2, -0.15) is 0 Å². The second kappa shape index (κ2) is 6.47. The number of halogens is 2. The summed E-state index contributed by atoms with van der Waals surface area (Å²) in [5, 5.41) is 1.73. The van der Waals surface area contributed by atoms with Crippen molar-refractivity contribution in [2.45, 2.75) is 0 Å². The number of hydrogen-bond acceptors (Lipinski definition) is 3. The first-order valence-electron chi connectivity index (χ1n) is 6.87. The van der Waals surface area contributed by atoms with Crippen LogP contribution >= 0.6 is 23.2 Å². The maximum absolute atomic E-state index is 12.5. The molecule has 2 aromatic carbocycles. The zero-order chi connectivity index (χ0) is 17.3. The Morgan fingerprint density at radius 1 is 0.917 bits per heavy atom. The van der Waals surface area contributed by atoms with Crippen molar-refractivity contribution in [3.63, 3.8) is 0 Å². The summed E-state index contributed by atoms with van der Waals surface area (Å²) in [7, 11) is 0. The molecule has 1 fully saturated rings. The molecule has 2 amide bonds. The molecule has 1 saturated heterocycles. The van der Waals surface area contributed by atoms with Gasteiger partial charge in [-0.1, -0.05) is 47.5 Å². The third-order valence-electron chi connectivity index (χ3n) is 3.44. The van der Waals surface area contributed by atoms with Crippen molar-refractivity contribution in [3.05, 3.63) is 69.2 Å². The van der Waals surface area contributed by atoms with Gasteiger partial charge in [-0.3, -0.25) is 19.8 Å². The number of carbonyl (C=O) groups excluding carboxylic acids is 3. The predicted molar refractivity (Wildman–Crippen MR) is 91.9 cm³/mol. The minimum atomic E-state index is -0.523. The van der Waals surface area contributed by atoms with Gasteiger partial charge in [0.1, 0.15) is 11.9 Å². The number of hydrogen-bond donors (Lipinski definition) is 1. The van der Waals surface area contributed by atoms with E-state index in [0.717, 1.165) is 11.3 Å². The van der Waals surface area contributed by atoms with Gasteiger partial charge in [0.05, 0.1) is 15.7 Å². The summed E-state index contributed by atoms with van der Waals surface area (Å²) in [6.45, 7) is 0. The SMILES string of the molecule is O=Cc1ccc(C=C2C(=O)NN(c3ccc(Cl)c(Cl)c3)C2=O)cc1. The Kier molecular flexibility index (Phi) is 4.38. The van der Waals surface area contributed by atoms with Crippen molar-refractivity contribution in [3.8, 4) is 0 Å². The Morgan fingerprint density at radius 3 is 2.21 bits per heavy atom. The molecular formula is C17H10Cl2N2O3. The highest BCUT2D eigenvalue weighted by Crippen LogP contribution is 2.29. The molecule has 5 nitrogen and oxygen atoms in total. The largest absolute Gasteiger partial charge is 0.298 e. The van der Waals surface area contributed by atoms with E-state index in [9.17, 15) is 14.4 Å². The summed E-state index contributed by atoms with van der Waals surface area (Å²) in [4.78, 5) is 35.2. The molecule has 0 atom stereocenters. The molecule has 1 aliphatic heterocycles. The normalized spacial score (nSPS) is 15.8. The van der Waals surface area contributed by atoms with Crippen LogP contribution in [0.2, 0.25) is 10.0 Å². The zero-order valence-electron chi connectivity index (χ0n) is 12.1. The maximum Gasteiger partial charge on any atom is 0.282 e. The fraction of sp³-hybridized carbons (Fsp3) is 0. The fourth-order valence-electron chi connectivity index (χ4n) is 2.20. The van der Waals surface area contributed by atoms with Crippen molar-refractivity contribution in [2.75, 3.05) is 5.01 Å². The molecule has 0 spiro atoms. The minimum absolute atomic E-state index is 0.0140. The number of anilines is 1. The van der Waals surface area contributed by atoms with Crippen LogP contribution in [0.3, 0.4) is 0 Å². The number of hydrazine groups is 1. The Balaban J connectivity index is 1.91. The molecule has 1 aliphatic rings. The molecule has 1 heterocycles. The van der Waals surface area contributed by atoms with Crippen LogP contribution in [0.5, 0.6) is 0 Å². The summed E-state index contributed by atoms with van der Waals surface area (Å²) < 4.78 is 0. The number of benzene rings is 2. The molecule has 0 aromatic heterocycles. The van der Waals surface area contributed by atoms with Gasteiger partial charge in [-0.05, 0) is 29.8 Å². The highest BCUT2D eigenvalue weighted by atomic mass is 35.5. The second-order valence-corrected chi connectivity index (χ2v) is 5.84. The Hall–Kier alpha value is -2.63. The van der Waals surface area contributed by atoms with Gasteiger partial charge in [-0.25, -0.2) is 5.01 Å². The number of nitrogens with one attached hydrogen (secondary N) is 1. The smallest absolute Gasteiger partial charge is 0.282 e. The number of amides is 2. The third kappa shape index (κ3) is 3.04. The lowest BCUT2D eigenvalue weighted by Crippen LogP contribution is -2.35. The van der Waals surface area contributed by atoms with Crippen LogP contribution in [-0.4, -0.2) is 18.1 Å². The molecule has 24 heavy (non-hydrogen) atoms. The Labute approximate surface area is 147 Å². The number of aldehydes is 1. The van der Waals surface area contributed by atoms with Crippen molar-refractivity contribution in [2.24, 2.45) is 0 Å². The molecule has 120 valence electrons. The molecule has 1 N–H and O–H groups in total. The predicted octanol–water partition coefficient (Wildman–Crippen LogP) is 3.27. The van der Waals surface area contributed by atoms with Crippen molar-refractivity contribution in [1.82, 2.24) is 5.43 Å². The van der Waals surface area contributed by atoms with Gasteiger partial charge < -0.3 is 0 Å². The van der Waals surface area contributed by atoms with Crippen LogP contribution in [0.1, 0.15) is 15.9 Å². The first kappa shape index (κ1) is 16.2.